The van der Waals surface area contributed by atoms with Gasteiger partial charge >= 0.3 is 0 Å². The van der Waals surface area contributed by atoms with Crippen LogP contribution in [0.25, 0.3) is 0 Å². The van der Waals surface area contributed by atoms with E-state index in [0.717, 1.165) is 30.2 Å². The molecule has 0 unspecified atom stereocenters. The minimum absolute atomic E-state index is 0.466. The molecule has 1 aliphatic heterocycles. The van der Waals surface area contributed by atoms with Crippen molar-refractivity contribution in [2.45, 2.75) is 13.0 Å². The van der Waals surface area contributed by atoms with Crippen LogP contribution in [-0.2, 0) is 13.0 Å². The molecule has 0 saturated heterocycles. The van der Waals surface area contributed by atoms with Crippen molar-refractivity contribution in [3.63, 3.8) is 0 Å². The standard InChI is InChI=1S/C8H12N4/c1-12-3-2-7-8(12)11-6(4-9)5-10-7/h5H,2-4,9H2,1H3. The largest absolute Gasteiger partial charge is 0.358 e. The van der Waals surface area contributed by atoms with Crippen molar-refractivity contribution >= 4 is 5.82 Å². The molecule has 1 aromatic heterocycles. The molecule has 12 heavy (non-hydrogen) atoms. The highest BCUT2D eigenvalue weighted by Crippen LogP contribution is 2.21. The van der Waals surface area contributed by atoms with Gasteiger partial charge in [-0.25, -0.2) is 4.98 Å². The lowest BCUT2D eigenvalue weighted by Gasteiger charge is -2.10. The highest BCUT2D eigenvalue weighted by Gasteiger charge is 2.18. The summed E-state index contributed by atoms with van der Waals surface area (Å²) in [5.41, 5.74) is 7.42. The first kappa shape index (κ1) is 7.49. The number of fused-ring (bicyclic) bond motifs is 1. The molecule has 0 amide bonds. The van der Waals surface area contributed by atoms with E-state index in [4.69, 9.17) is 5.73 Å². The minimum atomic E-state index is 0.466. The van der Waals surface area contributed by atoms with E-state index < -0.39 is 0 Å². The van der Waals surface area contributed by atoms with Crippen molar-refractivity contribution in [1.82, 2.24) is 9.97 Å². The van der Waals surface area contributed by atoms with Gasteiger partial charge in [0.25, 0.3) is 0 Å². The smallest absolute Gasteiger partial charge is 0.150 e. The molecule has 0 aliphatic carbocycles. The molecule has 0 spiro atoms. The topological polar surface area (TPSA) is 55.0 Å². The van der Waals surface area contributed by atoms with Gasteiger partial charge in [-0.1, -0.05) is 0 Å². The molecule has 0 atom stereocenters. The van der Waals surface area contributed by atoms with Gasteiger partial charge in [0.1, 0.15) is 0 Å². The summed E-state index contributed by atoms with van der Waals surface area (Å²) in [6, 6.07) is 0. The summed E-state index contributed by atoms with van der Waals surface area (Å²) in [6.07, 6.45) is 2.77. The van der Waals surface area contributed by atoms with Crippen LogP contribution in [0.3, 0.4) is 0 Å². The normalized spacial score (nSPS) is 15.0. The number of aromatic nitrogens is 2. The Morgan fingerprint density at radius 3 is 3.25 bits per heavy atom. The second-order valence-electron chi connectivity index (χ2n) is 3.01. The quantitative estimate of drug-likeness (QED) is 0.631. The lowest BCUT2D eigenvalue weighted by Crippen LogP contribution is -2.14. The summed E-state index contributed by atoms with van der Waals surface area (Å²) >= 11 is 0. The molecule has 64 valence electrons. The molecule has 2 rings (SSSR count). The van der Waals surface area contributed by atoms with Crippen molar-refractivity contribution in [1.29, 1.82) is 0 Å². The average molecular weight is 164 g/mol. The van der Waals surface area contributed by atoms with Gasteiger partial charge in [0.2, 0.25) is 0 Å². The zero-order valence-corrected chi connectivity index (χ0v) is 7.12. The molecule has 1 aliphatic rings. The first-order valence-corrected chi connectivity index (χ1v) is 4.07. The fourth-order valence-corrected chi connectivity index (χ4v) is 1.40. The van der Waals surface area contributed by atoms with Gasteiger partial charge < -0.3 is 10.6 Å². The summed E-state index contributed by atoms with van der Waals surface area (Å²) in [6.45, 7) is 1.48. The summed E-state index contributed by atoms with van der Waals surface area (Å²) < 4.78 is 0. The highest BCUT2D eigenvalue weighted by molar-refractivity contribution is 5.47. The molecule has 4 nitrogen and oxygen atoms in total. The maximum absolute atomic E-state index is 5.47. The van der Waals surface area contributed by atoms with E-state index in [1.54, 1.807) is 6.20 Å². The fraction of sp³-hybridized carbons (Fsp3) is 0.500. The van der Waals surface area contributed by atoms with Gasteiger partial charge in [-0.05, 0) is 0 Å². The summed E-state index contributed by atoms with van der Waals surface area (Å²) in [7, 11) is 2.03. The van der Waals surface area contributed by atoms with Gasteiger partial charge in [0, 0.05) is 26.6 Å². The molecular weight excluding hydrogens is 152 g/mol. The van der Waals surface area contributed by atoms with E-state index in [9.17, 15) is 0 Å². The molecule has 1 aromatic rings. The third-order valence-corrected chi connectivity index (χ3v) is 2.13. The Hall–Kier alpha value is -1.16. The van der Waals surface area contributed by atoms with Crippen LogP contribution >= 0.6 is 0 Å². The van der Waals surface area contributed by atoms with E-state index in [1.807, 2.05) is 7.05 Å². The van der Waals surface area contributed by atoms with Crippen molar-refractivity contribution in [2.75, 3.05) is 18.5 Å². The van der Waals surface area contributed by atoms with Crippen molar-refractivity contribution in [3.05, 3.63) is 17.6 Å². The van der Waals surface area contributed by atoms with Crippen LogP contribution < -0.4 is 10.6 Å². The van der Waals surface area contributed by atoms with Crippen LogP contribution in [0.2, 0.25) is 0 Å². The molecule has 0 saturated carbocycles. The molecule has 0 radical (unpaired) electrons. The number of anilines is 1. The van der Waals surface area contributed by atoms with Gasteiger partial charge in [-0.2, -0.15) is 0 Å². The SMILES string of the molecule is CN1CCc2ncc(CN)nc21. The minimum Gasteiger partial charge on any atom is -0.358 e. The predicted molar refractivity (Wildman–Crippen MR) is 46.9 cm³/mol. The second-order valence-corrected chi connectivity index (χ2v) is 3.01. The maximum Gasteiger partial charge on any atom is 0.150 e. The Morgan fingerprint density at radius 1 is 1.67 bits per heavy atom. The highest BCUT2D eigenvalue weighted by atomic mass is 15.2. The first-order valence-electron chi connectivity index (χ1n) is 4.07. The Morgan fingerprint density at radius 2 is 2.50 bits per heavy atom. The molecule has 4 heteroatoms. The van der Waals surface area contributed by atoms with E-state index in [2.05, 4.69) is 14.9 Å². The Bertz CT molecular complexity index is 297. The van der Waals surface area contributed by atoms with Gasteiger partial charge in [-0.3, -0.25) is 4.98 Å². The lowest BCUT2D eigenvalue weighted by atomic mass is 10.3. The van der Waals surface area contributed by atoms with Crippen LogP contribution in [0.5, 0.6) is 0 Å². The monoisotopic (exact) mass is 164 g/mol. The molecule has 2 N–H and O–H groups in total. The number of hydrogen-bond donors (Lipinski definition) is 1. The third-order valence-electron chi connectivity index (χ3n) is 2.13. The molecule has 0 fully saturated rings. The van der Waals surface area contributed by atoms with Gasteiger partial charge in [0.15, 0.2) is 5.82 Å². The van der Waals surface area contributed by atoms with Crippen LogP contribution in [0.1, 0.15) is 11.4 Å². The number of hydrogen-bond acceptors (Lipinski definition) is 4. The Labute approximate surface area is 71.4 Å². The van der Waals surface area contributed by atoms with E-state index in [-0.39, 0.29) is 0 Å². The molecular formula is C8H12N4. The number of nitrogens with zero attached hydrogens (tertiary/aromatic N) is 3. The summed E-state index contributed by atoms with van der Waals surface area (Å²) in [5.74, 6) is 0.998. The van der Waals surface area contributed by atoms with Crippen LogP contribution in [0.15, 0.2) is 6.20 Å². The zero-order chi connectivity index (χ0) is 8.55. The molecule has 0 aromatic carbocycles. The van der Waals surface area contributed by atoms with Crippen LogP contribution in [-0.4, -0.2) is 23.6 Å². The number of nitrogens with two attached hydrogens (primary N) is 1. The first-order chi connectivity index (χ1) is 5.81. The van der Waals surface area contributed by atoms with Crippen molar-refractivity contribution in [2.24, 2.45) is 5.73 Å². The zero-order valence-electron chi connectivity index (χ0n) is 7.12. The average Bonchev–Trinajstić information content (AvgIpc) is 2.47. The van der Waals surface area contributed by atoms with E-state index >= 15 is 0 Å². The second kappa shape index (κ2) is 2.71. The summed E-state index contributed by atoms with van der Waals surface area (Å²) in [5, 5.41) is 0. The molecule has 2 heterocycles. The van der Waals surface area contributed by atoms with Gasteiger partial charge in [-0.15, -0.1) is 0 Å². The number of rotatable bonds is 1. The van der Waals surface area contributed by atoms with Gasteiger partial charge in [0.05, 0.1) is 17.6 Å². The van der Waals surface area contributed by atoms with E-state index in [1.165, 1.54) is 0 Å². The third kappa shape index (κ3) is 1.04. The number of likely N-dealkylation sites (N-methyl/N-ethyl adjacent to an activating group) is 1. The van der Waals surface area contributed by atoms with Crippen LogP contribution in [0, 0.1) is 0 Å². The maximum atomic E-state index is 5.47. The van der Waals surface area contributed by atoms with Crippen LogP contribution in [0.4, 0.5) is 5.82 Å². The fourth-order valence-electron chi connectivity index (χ4n) is 1.40. The Balaban J connectivity index is 2.43. The lowest BCUT2D eigenvalue weighted by molar-refractivity contribution is 0.930. The summed E-state index contributed by atoms with van der Waals surface area (Å²) in [4.78, 5) is 10.8. The van der Waals surface area contributed by atoms with Crippen molar-refractivity contribution in [3.8, 4) is 0 Å². The predicted octanol–water partition coefficient (Wildman–Crippen LogP) is -0.0724. The molecule has 0 bridgehead atoms. The van der Waals surface area contributed by atoms with E-state index in [0.29, 0.717) is 6.54 Å². The Kier molecular flexibility index (Phi) is 1.69. The van der Waals surface area contributed by atoms with Crippen molar-refractivity contribution < 1.29 is 0 Å².